The first-order chi connectivity index (χ1) is 4.33. The number of hydrogen-bond donors (Lipinski definition) is 2. The van der Waals surface area contributed by atoms with Crippen molar-refractivity contribution in [2.45, 2.75) is 6.92 Å². The number of nitrogens with one attached hydrogen (secondary N) is 1. The molecule has 0 fully saturated rings. The lowest BCUT2D eigenvalue weighted by Crippen LogP contribution is -1.97. The van der Waals surface area contributed by atoms with E-state index >= 15 is 0 Å². The van der Waals surface area contributed by atoms with E-state index in [1.165, 1.54) is 6.20 Å². The molecule has 5 nitrogen and oxygen atoms in total. The van der Waals surface area contributed by atoms with Crippen molar-refractivity contribution in [1.82, 2.24) is 15.2 Å². The Labute approximate surface area is 51.7 Å². The summed E-state index contributed by atoms with van der Waals surface area (Å²) in [5.41, 5.74) is 1.85. The molecule has 0 aliphatic carbocycles. The Morgan fingerprint density at radius 2 is 2.44 bits per heavy atom. The molecule has 0 aliphatic rings. The van der Waals surface area contributed by atoms with Crippen molar-refractivity contribution >= 4 is 5.82 Å². The van der Waals surface area contributed by atoms with Gasteiger partial charge in [0.1, 0.15) is 5.82 Å². The van der Waals surface area contributed by atoms with Gasteiger partial charge in [-0.3, -0.25) is 10.7 Å². The lowest BCUT2D eigenvalue weighted by Gasteiger charge is -1.93. The van der Waals surface area contributed by atoms with Gasteiger partial charge in [0.2, 0.25) is 0 Å². The van der Waals surface area contributed by atoms with Crippen LogP contribution < -0.4 is 5.48 Å². The summed E-state index contributed by atoms with van der Waals surface area (Å²) in [5.74, 6) is 0.830. The van der Waals surface area contributed by atoms with Crippen molar-refractivity contribution in [2.75, 3.05) is 5.48 Å². The van der Waals surface area contributed by atoms with Crippen LogP contribution in [-0.2, 0) is 0 Å². The molecule has 1 heterocycles. The lowest BCUT2D eigenvalue weighted by molar-refractivity contribution is 0.385. The first-order valence-corrected chi connectivity index (χ1v) is 2.39. The second-order valence-electron chi connectivity index (χ2n) is 1.50. The van der Waals surface area contributed by atoms with Gasteiger partial charge in [0.15, 0.2) is 5.82 Å². The monoisotopic (exact) mass is 126 g/mol. The van der Waals surface area contributed by atoms with Crippen molar-refractivity contribution in [1.29, 1.82) is 0 Å². The van der Waals surface area contributed by atoms with E-state index in [1.54, 1.807) is 6.92 Å². The van der Waals surface area contributed by atoms with E-state index in [9.17, 15) is 0 Å². The molecule has 0 radical (unpaired) electrons. The van der Waals surface area contributed by atoms with Crippen LogP contribution >= 0.6 is 0 Å². The second kappa shape index (κ2) is 2.36. The Morgan fingerprint density at radius 3 is 2.89 bits per heavy atom. The molecular weight excluding hydrogens is 120 g/mol. The van der Waals surface area contributed by atoms with E-state index in [0.29, 0.717) is 11.6 Å². The molecule has 1 aromatic heterocycles. The van der Waals surface area contributed by atoms with Gasteiger partial charge in [0, 0.05) is 0 Å². The van der Waals surface area contributed by atoms with Crippen LogP contribution in [0.5, 0.6) is 0 Å². The molecule has 5 heteroatoms. The van der Waals surface area contributed by atoms with Gasteiger partial charge in [0.25, 0.3) is 0 Å². The van der Waals surface area contributed by atoms with E-state index in [-0.39, 0.29) is 0 Å². The van der Waals surface area contributed by atoms with Crippen molar-refractivity contribution in [2.24, 2.45) is 0 Å². The Bertz CT molecular complexity index is 202. The maximum Gasteiger partial charge on any atom is 0.172 e. The minimum atomic E-state index is 0.308. The Kier molecular flexibility index (Phi) is 1.55. The summed E-state index contributed by atoms with van der Waals surface area (Å²) in [5, 5.41) is 15.4. The predicted octanol–water partition coefficient (Wildman–Crippen LogP) is -0.0189. The smallest absolute Gasteiger partial charge is 0.172 e. The number of anilines is 1. The van der Waals surface area contributed by atoms with Crippen molar-refractivity contribution in [3.63, 3.8) is 0 Å². The average Bonchev–Trinajstić information content (AvgIpc) is 1.88. The Morgan fingerprint density at radius 1 is 1.67 bits per heavy atom. The highest BCUT2D eigenvalue weighted by Crippen LogP contribution is 1.94. The van der Waals surface area contributed by atoms with Crippen molar-refractivity contribution in [3.05, 3.63) is 12.0 Å². The van der Waals surface area contributed by atoms with Crippen LogP contribution in [0.15, 0.2) is 6.20 Å². The summed E-state index contributed by atoms with van der Waals surface area (Å²) in [6.07, 6.45) is 1.33. The first kappa shape index (κ1) is 5.90. The number of hydrogen-bond acceptors (Lipinski definition) is 5. The van der Waals surface area contributed by atoms with Gasteiger partial charge in [-0.05, 0) is 6.92 Å². The molecule has 48 valence electrons. The third-order valence-electron chi connectivity index (χ3n) is 0.779. The van der Waals surface area contributed by atoms with Crippen LogP contribution in [0.4, 0.5) is 5.82 Å². The zero-order valence-electron chi connectivity index (χ0n) is 4.87. The minimum absolute atomic E-state index is 0.308. The number of aryl methyl sites for hydroxylation is 1. The molecule has 1 aromatic rings. The molecule has 0 unspecified atom stereocenters. The van der Waals surface area contributed by atoms with Gasteiger partial charge in [0.05, 0.1) is 6.20 Å². The van der Waals surface area contributed by atoms with Crippen LogP contribution in [0.2, 0.25) is 0 Å². The number of nitrogens with zero attached hydrogens (tertiary/aromatic N) is 3. The van der Waals surface area contributed by atoms with Crippen LogP contribution in [0, 0.1) is 6.92 Å². The van der Waals surface area contributed by atoms with E-state index in [0.717, 1.165) is 0 Å². The highest BCUT2D eigenvalue weighted by Gasteiger charge is 1.90. The molecule has 0 bridgehead atoms. The summed E-state index contributed by atoms with van der Waals surface area (Å²) in [4.78, 5) is 3.76. The SMILES string of the molecule is Cc1nncc(NO)n1. The summed E-state index contributed by atoms with van der Waals surface area (Å²) >= 11 is 0. The van der Waals surface area contributed by atoms with E-state index in [4.69, 9.17) is 5.21 Å². The van der Waals surface area contributed by atoms with Crippen molar-refractivity contribution < 1.29 is 5.21 Å². The summed E-state index contributed by atoms with van der Waals surface area (Å²) in [7, 11) is 0. The lowest BCUT2D eigenvalue weighted by atomic mass is 10.7. The van der Waals surface area contributed by atoms with Gasteiger partial charge in [-0.25, -0.2) is 4.98 Å². The van der Waals surface area contributed by atoms with Gasteiger partial charge >= 0.3 is 0 Å². The van der Waals surface area contributed by atoms with Crippen molar-refractivity contribution in [3.8, 4) is 0 Å². The van der Waals surface area contributed by atoms with Crippen LogP contribution in [-0.4, -0.2) is 20.4 Å². The fourth-order valence-corrected chi connectivity index (χ4v) is 0.447. The standard InChI is InChI=1S/C4H6N4O/c1-3-6-4(8-9)2-5-7-3/h2,9H,1H3,(H,6,7,8). The van der Waals surface area contributed by atoms with Gasteiger partial charge in [-0.2, -0.15) is 5.10 Å². The maximum absolute atomic E-state index is 8.28. The minimum Gasteiger partial charge on any atom is -0.290 e. The van der Waals surface area contributed by atoms with Gasteiger partial charge < -0.3 is 0 Å². The largest absolute Gasteiger partial charge is 0.290 e. The quantitative estimate of drug-likeness (QED) is 0.517. The topological polar surface area (TPSA) is 70.9 Å². The Hall–Kier alpha value is -1.23. The summed E-state index contributed by atoms with van der Waals surface area (Å²) < 4.78 is 0. The summed E-state index contributed by atoms with van der Waals surface area (Å²) in [6, 6.07) is 0. The molecular formula is C4H6N4O. The number of aromatic nitrogens is 3. The fraction of sp³-hybridized carbons (Fsp3) is 0.250. The van der Waals surface area contributed by atoms with E-state index < -0.39 is 0 Å². The van der Waals surface area contributed by atoms with Gasteiger partial charge in [-0.1, -0.05) is 0 Å². The third kappa shape index (κ3) is 1.33. The second-order valence-corrected chi connectivity index (χ2v) is 1.50. The first-order valence-electron chi connectivity index (χ1n) is 2.39. The molecule has 0 aromatic carbocycles. The van der Waals surface area contributed by atoms with Crippen LogP contribution in [0.1, 0.15) is 5.82 Å². The molecule has 9 heavy (non-hydrogen) atoms. The molecule has 1 rings (SSSR count). The molecule has 0 saturated carbocycles. The summed E-state index contributed by atoms with van der Waals surface area (Å²) in [6.45, 7) is 1.69. The molecule has 0 amide bonds. The van der Waals surface area contributed by atoms with Crippen LogP contribution in [0.25, 0.3) is 0 Å². The molecule has 0 saturated heterocycles. The molecule has 0 spiro atoms. The molecule has 0 aliphatic heterocycles. The van der Waals surface area contributed by atoms with Gasteiger partial charge in [-0.15, -0.1) is 5.10 Å². The fourth-order valence-electron chi connectivity index (χ4n) is 0.447. The third-order valence-corrected chi connectivity index (χ3v) is 0.779. The average molecular weight is 126 g/mol. The van der Waals surface area contributed by atoms with Crippen LogP contribution in [0.3, 0.4) is 0 Å². The number of rotatable bonds is 1. The highest BCUT2D eigenvalue weighted by molar-refractivity contribution is 5.25. The maximum atomic E-state index is 8.28. The highest BCUT2D eigenvalue weighted by atomic mass is 16.5. The van der Waals surface area contributed by atoms with E-state index in [1.807, 2.05) is 5.48 Å². The zero-order chi connectivity index (χ0) is 6.69. The normalized spacial score (nSPS) is 9.11. The Balaban J connectivity index is 2.94. The molecule has 2 N–H and O–H groups in total. The predicted molar refractivity (Wildman–Crippen MR) is 30.0 cm³/mol. The zero-order valence-corrected chi connectivity index (χ0v) is 4.87. The van der Waals surface area contributed by atoms with E-state index in [2.05, 4.69) is 15.2 Å². The molecule has 0 atom stereocenters.